The molecule has 3 heteroatoms. The third-order valence-corrected chi connectivity index (χ3v) is 16.0. The summed E-state index contributed by atoms with van der Waals surface area (Å²) in [6.45, 7) is 12.5. The Morgan fingerprint density at radius 2 is 0.698 bits per heavy atom. The van der Waals surface area contributed by atoms with Crippen LogP contribution in [-0.2, 0) is 0 Å². The maximum absolute atomic E-state index is 2.95. The molecule has 6 aromatic rings. The summed E-state index contributed by atoms with van der Waals surface area (Å²) in [5.41, 5.74) is 6.12. The van der Waals surface area contributed by atoms with Crippen molar-refractivity contribution >= 4 is 18.5 Å². The third-order valence-electron chi connectivity index (χ3n) is 12.8. The highest BCUT2D eigenvalue weighted by atomic mass is 31.1. The Labute approximate surface area is 319 Å². The van der Waals surface area contributed by atoms with Gasteiger partial charge in [0.2, 0.25) is 0 Å². The van der Waals surface area contributed by atoms with Gasteiger partial charge in [0.25, 0.3) is 0 Å². The van der Waals surface area contributed by atoms with Gasteiger partial charge < -0.3 is 0 Å². The van der Waals surface area contributed by atoms with Crippen molar-refractivity contribution in [1.29, 1.82) is 0 Å². The Morgan fingerprint density at radius 1 is 0.415 bits per heavy atom. The van der Waals surface area contributed by atoms with Crippen molar-refractivity contribution in [2.45, 2.75) is 76.5 Å². The zero-order valence-corrected chi connectivity index (χ0v) is 32.7. The van der Waals surface area contributed by atoms with E-state index in [2.05, 4.69) is 226 Å². The molecule has 0 bridgehead atoms. The van der Waals surface area contributed by atoms with Gasteiger partial charge in [0.05, 0.1) is 0 Å². The van der Waals surface area contributed by atoms with Crippen LogP contribution in [0.3, 0.4) is 0 Å². The molecule has 2 aliphatic carbocycles. The Morgan fingerprint density at radius 3 is 1.02 bits per heavy atom. The van der Waals surface area contributed by atoms with Crippen LogP contribution in [0.15, 0.2) is 182 Å². The van der Waals surface area contributed by atoms with Crippen LogP contribution < -0.4 is 10.6 Å². The van der Waals surface area contributed by atoms with Crippen LogP contribution in [0.5, 0.6) is 0 Å². The van der Waals surface area contributed by atoms with E-state index < -0.39 is 7.92 Å². The van der Waals surface area contributed by atoms with Crippen molar-refractivity contribution in [2.24, 2.45) is 11.3 Å². The van der Waals surface area contributed by atoms with Gasteiger partial charge in [-0.1, -0.05) is 189 Å². The number of benzene rings is 6. The maximum atomic E-state index is 2.95. The Balaban J connectivity index is 1.33. The van der Waals surface area contributed by atoms with Crippen molar-refractivity contribution < 1.29 is 0 Å². The first-order valence-corrected chi connectivity index (χ1v) is 21.0. The fraction of sp³-hybridized carbons (Fsp3) is 0.280. The van der Waals surface area contributed by atoms with Crippen LogP contribution in [0.4, 0.5) is 0 Å². The highest BCUT2D eigenvalue weighted by Crippen LogP contribution is 2.79. The molecule has 0 saturated heterocycles. The minimum atomic E-state index is -0.698. The first-order chi connectivity index (χ1) is 25.9. The molecule has 0 N–H and O–H groups in total. The standard InChI is InChI=1S/C50H53N2P/c1-36(40-24-12-6-13-25-40)51(37(2)41-26-14-7-15-27-41)47-46-48(52(38(3)42-28-16-8-17-29-42)39(4)43-30-18-9-19-31-43)50(46,5)49(47)53(44-32-20-10-21-33-44)45-34-22-11-23-35-45/h6-39,46-49H,1-5H3. The average Bonchev–Trinajstić information content (AvgIpc) is 3.76. The lowest BCUT2D eigenvalue weighted by Gasteiger charge is -2.55. The van der Waals surface area contributed by atoms with E-state index in [0.29, 0.717) is 23.7 Å². The zero-order valence-electron chi connectivity index (χ0n) is 31.8. The molecule has 6 aromatic carbocycles. The van der Waals surface area contributed by atoms with Gasteiger partial charge in [0.15, 0.2) is 0 Å². The fourth-order valence-corrected chi connectivity index (χ4v) is 13.6. The smallest absolute Gasteiger partial charge is 0.0329 e. The van der Waals surface area contributed by atoms with Crippen LogP contribution in [0.1, 0.15) is 81.0 Å². The summed E-state index contributed by atoms with van der Waals surface area (Å²) in [6.07, 6.45) is 0. The molecule has 0 aliphatic heterocycles. The summed E-state index contributed by atoms with van der Waals surface area (Å²) < 4.78 is 0. The Kier molecular flexibility index (Phi) is 10.2. The van der Waals surface area contributed by atoms with E-state index in [1.807, 2.05) is 0 Å². The molecule has 0 radical (unpaired) electrons. The minimum absolute atomic E-state index is 0.124. The Bertz CT molecular complexity index is 1910. The molecule has 268 valence electrons. The second kappa shape index (κ2) is 15.2. The quantitative estimate of drug-likeness (QED) is 0.110. The Hall–Kier alpha value is -4.33. The number of nitrogens with zero attached hydrogens (tertiary/aromatic N) is 2. The summed E-state index contributed by atoms with van der Waals surface area (Å²) in [6, 6.07) is 69.7. The predicted molar refractivity (Wildman–Crippen MR) is 225 cm³/mol. The largest absolute Gasteiger partial charge is 0.286 e. The molecule has 2 fully saturated rings. The van der Waals surface area contributed by atoms with E-state index in [9.17, 15) is 0 Å². The average molecular weight is 713 g/mol. The summed E-state index contributed by atoms with van der Waals surface area (Å²) in [7, 11) is -0.698. The van der Waals surface area contributed by atoms with E-state index in [1.54, 1.807) is 0 Å². The lowest BCUT2D eigenvalue weighted by molar-refractivity contribution is 0.0197. The molecule has 9 atom stereocenters. The van der Waals surface area contributed by atoms with Gasteiger partial charge in [-0.3, -0.25) is 9.80 Å². The lowest BCUT2D eigenvalue weighted by Crippen LogP contribution is -2.58. The second-order valence-corrected chi connectivity index (χ2v) is 17.9. The maximum Gasteiger partial charge on any atom is 0.0329 e. The number of hydrogen-bond donors (Lipinski definition) is 0. The molecule has 2 saturated carbocycles. The SMILES string of the molecule is CC(c1ccccc1)N(C(C)c1ccccc1)C1C2C(N(C(C)c3ccccc3)C(C)c3ccccc3)C2(C)C1P(c1ccccc1)c1ccccc1. The van der Waals surface area contributed by atoms with E-state index in [0.717, 1.165) is 0 Å². The van der Waals surface area contributed by atoms with E-state index in [4.69, 9.17) is 0 Å². The number of hydrogen-bond acceptors (Lipinski definition) is 2. The van der Waals surface area contributed by atoms with Gasteiger partial charge in [-0.05, 0) is 79.8 Å². The first kappa shape index (κ1) is 35.7. The summed E-state index contributed by atoms with van der Waals surface area (Å²) >= 11 is 0. The van der Waals surface area contributed by atoms with E-state index in [1.165, 1.54) is 32.9 Å². The van der Waals surface area contributed by atoms with Crippen molar-refractivity contribution in [3.05, 3.63) is 204 Å². The second-order valence-electron chi connectivity index (χ2n) is 15.6. The van der Waals surface area contributed by atoms with E-state index in [-0.39, 0.29) is 29.6 Å². The van der Waals surface area contributed by atoms with E-state index >= 15 is 0 Å². The zero-order chi connectivity index (χ0) is 36.5. The van der Waals surface area contributed by atoms with Crippen LogP contribution in [-0.4, -0.2) is 27.5 Å². The van der Waals surface area contributed by atoms with Gasteiger partial charge in [-0.2, -0.15) is 0 Å². The van der Waals surface area contributed by atoms with Gasteiger partial charge in [0, 0.05) is 41.9 Å². The molecular formula is C50H53N2P. The molecule has 8 rings (SSSR count). The first-order valence-electron chi connectivity index (χ1n) is 19.5. The van der Waals surface area contributed by atoms with Crippen LogP contribution in [0.2, 0.25) is 0 Å². The lowest BCUT2D eigenvalue weighted by atomic mass is 9.77. The van der Waals surface area contributed by atoms with Crippen LogP contribution >= 0.6 is 7.92 Å². The van der Waals surface area contributed by atoms with Crippen LogP contribution in [0.25, 0.3) is 0 Å². The molecule has 0 aromatic heterocycles. The van der Waals surface area contributed by atoms with Crippen molar-refractivity contribution in [3.8, 4) is 0 Å². The molecule has 9 unspecified atom stereocenters. The molecule has 2 aliphatic rings. The number of rotatable bonds is 13. The summed E-state index contributed by atoms with van der Waals surface area (Å²) in [4.78, 5) is 5.87. The number of fused-ring (bicyclic) bond motifs is 1. The normalized spacial score (nSPS) is 24.2. The highest BCUT2D eigenvalue weighted by Gasteiger charge is 2.82. The van der Waals surface area contributed by atoms with Gasteiger partial charge in [0.1, 0.15) is 0 Å². The van der Waals surface area contributed by atoms with Crippen molar-refractivity contribution in [3.63, 3.8) is 0 Å². The molecule has 2 nitrogen and oxygen atoms in total. The topological polar surface area (TPSA) is 6.48 Å². The summed E-state index contributed by atoms with van der Waals surface area (Å²) in [5, 5.41) is 2.96. The highest BCUT2D eigenvalue weighted by molar-refractivity contribution is 7.73. The molecule has 53 heavy (non-hydrogen) atoms. The van der Waals surface area contributed by atoms with Crippen LogP contribution in [0, 0.1) is 11.3 Å². The molecule has 0 heterocycles. The third kappa shape index (κ3) is 6.50. The van der Waals surface area contributed by atoms with Gasteiger partial charge >= 0.3 is 0 Å². The van der Waals surface area contributed by atoms with Gasteiger partial charge in [-0.25, -0.2) is 0 Å². The predicted octanol–water partition coefficient (Wildman–Crippen LogP) is 11.5. The monoisotopic (exact) mass is 712 g/mol. The molecule has 0 spiro atoms. The molecule has 0 amide bonds. The minimum Gasteiger partial charge on any atom is -0.286 e. The summed E-state index contributed by atoms with van der Waals surface area (Å²) in [5.74, 6) is 0.513. The van der Waals surface area contributed by atoms with Gasteiger partial charge in [-0.15, -0.1) is 0 Å². The molecular weight excluding hydrogens is 660 g/mol. The van der Waals surface area contributed by atoms with Crippen molar-refractivity contribution in [2.75, 3.05) is 0 Å². The van der Waals surface area contributed by atoms with Crippen molar-refractivity contribution in [1.82, 2.24) is 9.80 Å². The fourth-order valence-electron chi connectivity index (χ4n) is 10.1.